The summed E-state index contributed by atoms with van der Waals surface area (Å²) in [4.78, 5) is 4.81. The molecule has 1 fully saturated rings. The number of aliphatic imine (C=N–C) groups is 1. The molecule has 6 nitrogen and oxygen atoms in total. The first kappa shape index (κ1) is 22.1. The van der Waals surface area contributed by atoms with E-state index < -0.39 is 6.42 Å². The van der Waals surface area contributed by atoms with Crippen LogP contribution < -0.4 is 5.30 Å². The number of rotatable bonds is 4. The third kappa shape index (κ3) is 4.05. The van der Waals surface area contributed by atoms with Gasteiger partial charge < -0.3 is 4.52 Å². The van der Waals surface area contributed by atoms with Crippen molar-refractivity contribution in [1.82, 2.24) is 14.5 Å². The summed E-state index contributed by atoms with van der Waals surface area (Å²) in [6, 6.07) is 19.4. The first-order valence-electron chi connectivity index (χ1n) is 10.7. The van der Waals surface area contributed by atoms with Crippen molar-refractivity contribution in [1.29, 1.82) is 5.26 Å². The van der Waals surface area contributed by atoms with Crippen molar-refractivity contribution in [3.05, 3.63) is 76.5 Å². The van der Waals surface area contributed by atoms with E-state index in [1.807, 2.05) is 54.1 Å². The number of nitrogens with zero attached hydrogens (tertiary/aromatic N) is 5. The molecule has 0 N–H and O–H groups in total. The number of hydrogen-bond donors (Lipinski definition) is 0. The van der Waals surface area contributed by atoms with Crippen molar-refractivity contribution in [3.63, 3.8) is 0 Å². The molecule has 0 aliphatic carbocycles. The number of aryl methyl sites for hydroxylation is 1. The van der Waals surface area contributed by atoms with E-state index in [2.05, 4.69) is 10.7 Å². The molecule has 2 aromatic carbocycles. The van der Waals surface area contributed by atoms with Gasteiger partial charge in [0.15, 0.2) is 5.82 Å². The quantitative estimate of drug-likeness (QED) is 0.353. The molecule has 0 radical (unpaired) electrons. The summed E-state index contributed by atoms with van der Waals surface area (Å²) in [7, 11) is 0. The maximum Gasteiger partial charge on any atom is 0.238 e. The fourth-order valence-electron chi connectivity index (χ4n) is 4.11. The zero-order valence-corrected chi connectivity index (χ0v) is 20.4. The minimum absolute atomic E-state index is 0.243. The molecule has 1 atom stereocenters. The first-order chi connectivity index (χ1) is 16.0. The largest absolute Gasteiger partial charge is 0.430 e. The lowest BCUT2D eigenvalue weighted by molar-refractivity contribution is 0.482. The highest BCUT2D eigenvalue weighted by atomic mass is 35.5. The topological polar surface area (TPSA) is 66.4 Å². The maximum atomic E-state index is 10.0. The van der Waals surface area contributed by atoms with Gasteiger partial charge in [0.05, 0.1) is 11.4 Å². The summed E-state index contributed by atoms with van der Waals surface area (Å²) >= 11 is 12.3. The number of nitriles is 1. The number of benzene rings is 2. The number of fused-ring (bicyclic) bond motifs is 1. The van der Waals surface area contributed by atoms with Crippen LogP contribution in [0.4, 0.5) is 5.82 Å². The molecule has 0 saturated carbocycles. The van der Waals surface area contributed by atoms with Crippen molar-refractivity contribution in [2.24, 2.45) is 4.99 Å². The van der Waals surface area contributed by atoms with Crippen LogP contribution in [-0.4, -0.2) is 33.4 Å². The molecule has 166 valence electrons. The molecule has 9 heteroatoms. The molecule has 5 rings (SSSR count). The Morgan fingerprint density at radius 3 is 2.52 bits per heavy atom. The molecule has 3 aromatic rings. The molecule has 3 heterocycles. The molecule has 0 spiro atoms. The second-order valence-corrected chi connectivity index (χ2v) is 12.1. The summed E-state index contributed by atoms with van der Waals surface area (Å²) in [6.45, 7) is 3.68. The second-order valence-electron chi connectivity index (χ2n) is 7.92. The summed E-state index contributed by atoms with van der Waals surface area (Å²) in [5.41, 5.74) is 2.84. The Morgan fingerprint density at radius 2 is 1.85 bits per heavy atom. The predicted molar refractivity (Wildman–Crippen MR) is 136 cm³/mol. The van der Waals surface area contributed by atoms with E-state index in [0.717, 1.165) is 48.2 Å². The Bertz CT molecular complexity index is 1350. The van der Waals surface area contributed by atoms with Gasteiger partial charge >= 0.3 is 0 Å². The van der Waals surface area contributed by atoms with E-state index in [1.165, 1.54) is 0 Å². The predicted octanol–water partition coefficient (Wildman–Crippen LogP) is 5.53. The van der Waals surface area contributed by atoms with E-state index in [4.69, 9.17) is 38.0 Å². The van der Waals surface area contributed by atoms with E-state index in [9.17, 15) is 5.26 Å². The lowest BCUT2D eigenvalue weighted by Crippen LogP contribution is -2.30. The third-order valence-electron chi connectivity index (χ3n) is 5.69. The van der Waals surface area contributed by atoms with Gasteiger partial charge in [0.2, 0.25) is 12.3 Å². The van der Waals surface area contributed by atoms with Crippen LogP contribution in [0.15, 0.2) is 65.2 Å². The molecule has 0 bridgehead atoms. The number of aromatic nitrogens is 2. The number of halogens is 1. The fourth-order valence-corrected chi connectivity index (χ4v) is 8.10. The minimum Gasteiger partial charge on any atom is -0.430 e. The van der Waals surface area contributed by atoms with Gasteiger partial charge in [0, 0.05) is 18.1 Å². The SMILES string of the molecule is Cc1nn(-c2ccccc2)c2c1P(=S)(N1CCCC1)OC(/C(C#N)=C\c1ccc(Cl)cc1)=N2. The van der Waals surface area contributed by atoms with Gasteiger partial charge in [0.25, 0.3) is 0 Å². The van der Waals surface area contributed by atoms with Crippen LogP contribution in [-0.2, 0) is 16.3 Å². The van der Waals surface area contributed by atoms with Gasteiger partial charge in [0.1, 0.15) is 16.9 Å². The van der Waals surface area contributed by atoms with Crippen molar-refractivity contribution in [2.45, 2.75) is 19.8 Å². The first-order valence-corrected chi connectivity index (χ1v) is 13.7. The van der Waals surface area contributed by atoms with Crippen LogP contribution in [0.25, 0.3) is 11.8 Å². The van der Waals surface area contributed by atoms with Crippen molar-refractivity contribution >= 4 is 52.9 Å². The Morgan fingerprint density at radius 1 is 1.15 bits per heavy atom. The lowest BCUT2D eigenvalue weighted by Gasteiger charge is -2.34. The van der Waals surface area contributed by atoms with Crippen molar-refractivity contribution in [2.75, 3.05) is 13.1 Å². The highest BCUT2D eigenvalue weighted by Gasteiger charge is 2.43. The average Bonchev–Trinajstić information content (AvgIpc) is 3.48. The van der Waals surface area contributed by atoms with Crippen LogP contribution in [0.3, 0.4) is 0 Å². The van der Waals surface area contributed by atoms with E-state index in [0.29, 0.717) is 16.4 Å². The highest BCUT2D eigenvalue weighted by molar-refractivity contribution is 8.15. The second kappa shape index (κ2) is 8.89. The van der Waals surface area contributed by atoms with Gasteiger partial charge in [-0.2, -0.15) is 15.4 Å². The monoisotopic (exact) mass is 493 g/mol. The normalized spacial score (nSPS) is 20.6. The van der Waals surface area contributed by atoms with Crippen LogP contribution in [0.2, 0.25) is 5.02 Å². The molecule has 2 aliphatic heterocycles. The summed E-state index contributed by atoms with van der Waals surface area (Å²) in [5.74, 6) is 0.889. The smallest absolute Gasteiger partial charge is 0.238 e. The lowest BCUT2D eigenvalue weighted by atomic mass is 10.1. The van der Waals surface area contributed by atoms with Crippen LogP contribution in [0.1, 0.15) is 24.1 Å². The summed E-state index contributed by atoms with van der Waals surface area (Å²) < 4.78 is 10.5. The molecule has 1 aromatic heterocycles. The number of hydrogen-bond acceptors (Lipinski definition) is 5. The maximum absolute atomic E-state index is 10.0. The average molecular weight is 494 g/mol. The molecule has 0 amide bonds. The molecular formula is C24H21ClN5OPS. The van der Waals surface area contributed by atoms with Crippen molar-refractivity contribution in [3.8, 4) is 11.8 Å². The molecule has 1 unspecified atom stereocenters. The van der Waals surface area contributed by atoms with E-state index >= 15 is 0 Å². The molecule has 33 heavy (non-hydrogen) atoms. The van der Waals surface area contributed by atoms with Gasteiger partial charge in [-0.15, -0.1) is 0 Å². The third-order valence-corrected chi connectivity index (χ3v) is 10.1. The Kier molecular flexibility index (Phi) is 5.94. The van der Waals surface area contributed by atoms with Gasteiger partial charge in [-0.25, -0.2) is 9.35 Å². The van der Waals surface area contributed by atoms with Gasteiger partial charge in [-0.05, 0) is 67.5 Å². The Labute approximate surface area is 202 Å². The summed E-state index contributed by atoms with van der Waals surface area (Å²) in [6.07, 6.45) is 1.21. The molecule has 2 aliphatic rings. The van der Waals surface area contributed by atoms with E-state index in [1.54, 1.807) is 18.2 Å². The van der Waals surface area contributed by atoms with Gasteiger partial charge in [-0.3, -0.25) is 0 Å². The van der Waals surface area contributed by atoms with Crippen LogP contribution >= 0.6 is 18.0 Å². The molecular weight excluding hydrogens is 473 g/mol. The zero-order chi connectivity index (χ0) is 23.0. The zero-order valence-electron chi connectivity index (χ0n) is 18.0. The summed E-state index contributed by atoms with van der Waals surface area (Å²) in [5, 5.41) is 16.3. The highest BCUT2D eigenvalue weighted by Crippen LogP contribution is 2.57. The van der Waals surface area contributed by atoms with Crippen molar-refractivity contribution < 1.29 is 4.52 Å². The van der Waals surface area contributed by atoms with Crippen LogP contribution in [0.5, 0.6) is 0 Å². The fraction of sp³-hybridized carbons (Fsp3) is 0.208. The minimum atomic E-state index is -2.68. The Balaban J connectivity index is 1.70. The van der Waals surface area contributed by atoms with Gasteiger partial charge in [-0.1, -0.05) is 41.9 Å². The Hall–Kier alpha value is -2.75. The number of para-hydroxylation sites is 1. The van der Waals surface area contributed by atoms with Crippen LogP contribution in [0, 0.1) is 18.3 Å². The molecule has 1 saturated heterocycles. The standard InChI is InChI=1S/C24H21ClN5OPS/c1-17-22-23(30(28-17)21-7-3-2-4-8-21)27-24(31-32(22,33)29-13-5-6-14-29)19(16-26)15-18-9-11-20(25)12-10-18/h2-4,7-12,15H,5-6,13-14H2,1H3/b19-15-. The van der Waals surface area contributed by atoms with E-state index in [-0.39, 0.29) is 5.90 Å².